The third kappa shape index (κ3) is 2.78. The SMILES string of the molecule is Cc1ccc(C)c(C(C)NCc2cncn2C2CC2)c1. The molecule has 0 aliphatic heterocycles. The molecule has 1 aromatic heterocycles. The van der Waals surface area contributed by atoms with Gasteiger partial charge in [-0.05, 0) is 44.7 Å². The standard InChI is InChI=1S/C17H23N3/c1-12-4-5-13(2)17(8-12)14(3)19-10-16-9-18-11-20(16)15-6-7-15/h4-5,8-9,11,14-15,19H,6-7,10H2,1-3H3. The van der Waals surface area contributed by atoms with Gasteiger partial charge in [0.05, 0.1) is 12.0 Å². The lowest BCUT2D eigenvalue weighted by atomic mass is 10.00. The van der Waals surface area contributed by atoms with E-state index in [0.717, 1.165) is 6.54 Å². The highest BCUT2D eigenvalue weighted by molar-refractivity contribution is 5.32. The first-order valence-corrected chi connectivity index (χ1v) is 7.46. The molecule has 0 spiro atoms. The summed E-state index contributed by atoms with van der Waals surface area (Å²) in [6.07, 6.45) is 6.56. The summed E-state index contributed by atoms with van der Waals surface area (Å²) in [5, 5.41) is 3.63. The molecule has 20 heavy (non-hydrogen) atoms. The maximum atomic E-state index is 4.29. The van der Waals surface area contributed by atoms with Gasteiger partial charge < -0.3 is 9.88 Å². The number of rotatable bonds is 5. The lowest BCUT2D eigenvalue weighted by Gasteiger charge is -2.18. The van der Waals surface area contributed by atoms with Crippen LogP contribution in [-0.4, -0.2) is 9.55 Å². The van der Waals surface area contributed by atoms with Gasteiger partial charge in [-0.2, -0.15) is 0 Å². The lowest BCUT2D eigenvalue weighted by Crippen LogP contribution is -2.20. The van der Waals surface area contributed by atoms with Gasteiger partial charge in [0.1, 0.15) is 0 Å². The molecule has 1 atom stereocenters. The molecule has 3 nitrogen and oxygen atoms in total. The van der Waals surface area contributed by atoms with Gasteiger partial charge in [-0.1, -0.05) is 23.8 Å². The minimum absolute atomic E-state index is 0.359. The Bertz CT molecular complexity index is 596. The third-order valence-corrected chi connectivity index (χ3v) is 4.18. The molecule has 0 radical (unpaired) electrons. The Morgan fingerprint density at radius 3 is 2.90 bits per heavy atom. The molecule has 0 saturated heterocycles. The molecule has 1 aliphatic rings. The molecule has 2 aromatic rings. The van der Waals surface area contributed by atoms with Crippen molar-refractivity contribution in [2.75, 3.05) is 0 Å². The first kappa shape index (κ1) is 13.4. The molecule has 1 unspecified atom stereocenters. The normalized spacial score (nSPS) is 16.4. The van der Waals surface area contributed by atoms with E-state index in [2.05, 4.69) is 53.8 Å². The summed E-state index contributed by atoms with van der Waals surface area (Å²) in [7, 11) is 0. The van der Waals surface area contributed by atoms with Gasteiger partial charge in [-0.25, -0.2) is 4.98 Å². The maximum absolute atomic E-state index is 4.29. The Kier molecular flexibility index (Phi) is 3.62. The van der Waals surface area contributed by atoms with Gasteiger partial charge in [-0.15, -0.1) is 0 Å². The number of benzene rings is 1. The number of nitrogens with one attached hydrogen (secondary N) is 1. The number of aromatic nitrogens is 2. The monoisotopic (exact) mass is 269 g/mol. The van der Waals surface area contributed by atoms with Crippen molar-refractivity contribution in [3.63, 3.8) is 0 Å². The fourth-order valence-corrected chi connectivity index (χ4v) is 2.74. The molecule has 3 heteroatoms. The van der Waals surface area contributed by atoms with Crippen molar-refractivity contribution < 1.29 is 0 Å². The second-order valence-corrected chi connectivity index (χ2v) is 5.99. The summed E-state index contributed by atoms with van der Waals surface area (Å²) in [5.41, 5.74) is 5.36. The fraction of sp³-hybridized carbons (Fsp3) is 0.471. The largest absolute Gasteiger partial charge is 0.330 e. The molecular formula is C17H23N3. The van der Waals surface area contributed by atoms with Crippen molar-refractivity contribution >= 4 is 0 Å². The minimum Gasteiger partial charge on any atom is -0.330 e. The van der Waals surface area contributed by atoms with Gasteiger partial charge in [0.15, 0.2) is 0 Å². The predicted molar refractivity (Wildman–Crippen MR) is 81.7 cm³/mol. The second-order valence-electron chi connectivity index (χ2n) is 5.99. The topological polar surface area (TPSA) is 29.9 Å². The van der Waals surface area contributed by atoms with E-state index in [1.54, 1.807) is 0 Å². The fourth-order valence-electron chi connectivity index (χ4n) is 2.74. The van der Waals surface area contributed by atoms with Crippen molar-refractivity contribution in [1.29, 1.82) is 0 Å². The van der Waals surface area contributed by atoms with Gasteiger partial charge in [0.25, 0.3) is 0 Å². The van der Waals surface area contributed by atoms with Gasteiger partial charge in [0.2, 0.25) is 0 Å². The average molecular weight is 269 g/mol. The van der Waals surface area contributed by atoms with Crippen LogP contribution >= 0.6 is 0 Å². The van der Waals surface area contributed by atoms with Crippen molar-refractivity contribution in [2.45, 2.75) is 52.2 Å². The van der Waals surface area contributed by atoms with E-state index in [4.69, 9.17) is 0 Å². The third-order valence-electron chi connectivity index (χ3n) is 4.18. The zero-order chi connectivity index (χ0) is 14.1. The van der Waals surface area contributed by atoms with E-state index in [9.17, 15) is 0 Å². The highest BCUT2D eigenvalue weighted by Gasteiger charge is 2.25. The van der Waals surface area contributed by atoms with Crippen LogP contribution in [0.2, 0.25) is 0 Å². The smallest absolute Gasteiger partial charge is 0.0951 e. The molecule has 1 aliphatic carbocycles. The number of imidazole rings is 1. The summed E-state index contributed by atoms with van der Waals surface area (Å²) in [6.45, 7) is 7.45. The summed E-state index contributed by atoms with van der Waals surface area (Å²) < 4.78 is 2.32. The summed E-state index contributed by atoms with van der Waals surface area (Å²) in [4.78, 5) is 4.29. The van der Waals surface area contributed by atoms with Gasteiger partial charge in [-0.3, -0.25) is 0 Å². The number of hydrogen-bond acceptors (Lipinski definition) is 2. The van der Waals surface area contributed by atoms with Crippen LogP contribution < -0.4 is 5.32 Å². The zero-order valence-corrected chi connectivity index (χ0v) is 12.6. The van der Waals surface area contributed by atoms with E-state index in [1.165, 1.54) is 35.2 Å². The summed E-state index contributed by atoms with van der Waals surface area (Å²) in [5.74, 6) is 0. The molecule has 1 aromatic carbocycles. The van der Waals surface area contributed by atoms with Crippen LogP contribution in [0.25, 0.3) is 0 Å². The molecule has 0 amide bonds. The Balaban J connectivity index is 1.68. The molecule has 1 saturated carbocycles. The van der Waals surface area contributed by atoms with Gasteiger partial charge in [0, 0.05) is 24.8 Å². The Labute approximate surface area is 121 Å². The van der Waals surface area contributed by atoms with Crippen LogP contribution in [0.4, 0.5) is 0 Å². The quantitative estimate of drug-likeness (QED) is 0.897. The Morgan fingerprint density at radius 2 is 2.15 bits per heavy atom. The molecule has 1 fully saturated rings. The molecular weight excluding hydrogens is 246 g/mol. The van der Waals surface area contributed by atoms with Crippen molar-refractivity contribution in [1.82, 2.24) is 14.9 Å². The van der Waals surface area contributed by atoms with E-state index in [0.29, 0.717) is 12.1 Å². The molecule has 3 rings (SSSR count). The number of aryl methyl sites for hydroxylation is 2. The highest BCUT2D eigenvalue weighted by Crippen LogP contribution is 2.35. The van der Waals surface area contributed by atoms with Crippen LogP contribution in [0.1, 0.15) is 54.2 Å². The van der Waals surface area contributed by atoms with Crippen molar-refractivity contribution in [2.24, 2.45) is 0 Å². The zero-order valence-electron chi connectivity index (χ0n) is 12.6. The predicted octanol–water partition coefficient (Wildman–Crippen LogP) is 3.69. The molecule has 1 N–H and O–H groups in total. The van der Waals surface area contributed by atoms with Crippen LogP contribution in [-0.2, 0) is 6.54 Å². The van der Waals surface area contributed by atoms with Gasteiger partial charge >= 0.3 is 0 Å². The van der Waals surface area contributed by atoms with Crippen molar-refractivity contribution in [3.05, 3.63) is 53.1 Å². The van der Waals surface area contributed by atoms with Crippen LogP contribution in [0.5, 0.6) is 0 Å². The van der Waals surface area contributed by atoms with E-state index in [1.807, 2.05) is 12.5 Å². The molecule has 0 bridgehead atoms. The summed E-state index contributed by atoms with van der Waals surface area (Å²) >= 11 is 0. The highest BCUT2D eigenvalue weighted by atomic mass is 15.1. The van der Waals surface area contributed by atoms with Crippen LogP contribution in [0.15, 0.2) is 30.7 Å². The summed E-state index contributed by atoms with van der Waals surface area (Å²) in [6, 6.07) is 7.72. The van der Waals surface area contributed by atoms with Crippen LogP contribution in [0.3, 0.4) is 0 Å². The lowest BCUT2D eigenvalue weighted by molar-refractivity contribution is 0.545. The molecule has 106 valence electrons. The van der Waals surface area contributed by atoms with E-state index >= 15 is 0 Å². The second kappa shape index (κ2) is 5.41. The molecule has 1 heterocycles. The average Bonchev–Trinajstić information content (AvgIpc) is 3.18. The maximum Gasteiger partial charge on any atom is 0.0951 e. The number of hydrogen-bond donors (Lipinski definition) is 1. The Morgan fingerprint density at radius 1 is 1.35 bits per heavy atom. The first-order valence-electron chi connectivity index (χ1n) is 7.46. The van der Waals surface area contributed by atoms with E-state index in [-0.39, 0.29) is 0 Å². The van der Waals surface area contributed by atoms with Crippen LogP contribution in [0, 0.1) is 13.8 Å². The number of nitrogens with zero attached hydrogens (tertiary/aromatic N) is 2. The van der Waals surface area contributed by atoms with E-state index < -0.39 is 0 Å². The Hall–Kier alpha value is -1.61. The minimum atomic E-state index is 0.359. The van der Waals surface area contributed by atoms with Crippen molar-refractivity contribution in [3.8, 4) is 0 Å². The first-order chi connectivity index (χ1) is 9.65.